The standard InChI is InChI=1S/C16H25N5/c1-11-8-12(2)21-10-15(19-16(21)18-11)9-20-6-4-14(5-7-20)13(3)17/h8,10,13-14H,4-7,9,17H2,1-3H3. The summed E-state index contributed by atoms with van der Waals surface area (Å²) in [7, 11) is 0. The Kier molecular flexibility index (Phi) is 3.95. The van der Waals surface area contributed by atoms with Crippen molar-refractivity contribution < 1.29 is 0 Å². The number of rotatable bonds is 3. The van der Waals surface area contributed by atoms with Gasteiger partial charge in [-0.15, -0.1) is 0 Å². The zero-order valence-electron chi connectivity index (χ0n) is 13.2. The predicted octanol–water partition coefficient (Wildman–Crippen LogP) is 1.91. The number of likely N-dealkylation sites (tertiary alicyclic amines) is 1. The van der Waals surface area contributed by atoms with Gasteiger partial charge in [0, 0.05) is 30.2 Å². The Labute approximate surface area is 126 Å². The smallest absolute Gasteiger partial charge is 0.234 e. The van der Waals surface area contributed by atoms with Crippen molar-refractivity contribution >= 4 is 5.78 Å². The van der Waals surface area contributed by atoms with Gasteiger partial charge in [0.2, 0.25) is 5.78 Å². The van der Waals surface area contributed by atoms with Crippen LogP contribution in [0.2, 0.25) is 0 Å². The number of hydrogen-bond donors (Lipinski definition) is 1. The summed E-state index contributed by atoms with van der Waals surface area (Å²) in [6.07, 6.45) is 4.51. The fourth-order valence-electron chi connectivity index (χ4n) is 3.26. The van der Waals surface area contributed by atoms with Crippen molar-refractivity contribution in [2.45, 2.75) is 46.2 Å². The molecule has 0 saturated carbocycles. The van der Waals surface area contributed by atoms with Crippen molar-refractivity contribution in [3.63, 3.8) is 0 Å². The second kappa shape index (κ2) is 5.73. The van der Waals surface area contributed by atoms with E-state index in [1.807, 2.05) is 6.92 Å². The molecule has 1 aliphatic rings. The number of nitrogens with two attached hydrogens (primary N) is 1. The Balaban J connectivity index is 1.70. The van der Waals surface area contributed by atoms with Gasteiger partial charge in [-0.1, -0.05) is 0 Å². The molecule has 0 spiro atoms. The first-order chi connectivity index (χ1) is 10.0. The quantitative estimate of drug-likeness (QED) is 0.937. The van der Waals surface area contributed by atoms with Gasteiger partial charge in [0.15, 0.2) is 0 Å². The molecule has 1 saturated heterocycles. The number of imidazole rings is 1. The third kappa shape index (κ3) is 3.09. The maximum absolute atomic E-state index is 6.00. The van der Waals surface area contributed by atoms with Gasteiger partial charge >= 0.3 is 0 Å². The topological polar surface area (TPSA) is 59.5 Å². The first kappa shape index (κ1) is 14.5. The molecular formula is C16H25N5. The zero-order valence-corrected chi connectivity index (χ0v) is 13.2. The van der Waals surface area contributed by atoms with Crippen LogP contribution in [0.25, 0.3) is 5.78 Å². The Bertz CT molecular complexity index is 623. The van der Waals surface area contributed by atoms with E-state index in [1.54, 1.807) is 0 Å². The number of nitrogens with zero attached hydrogens (tertiary/aromatic N) is 4. The molecular weight excluding hydrogens is 262 g/mol. The summed E-state index contributed by atoms with van der Waals surface area (Å²) in [5.74, 6) is 1.49. The molecule has 0 radical (unpaired) electrons. The average molecular weight is 287 g/mol. The molecule has 1 atom stereocenters. The minimum atomic E-state index is 0.317. The van der Waals surface area contributed by atoms with Crippen LogP contribution >= 0.6 is 0 Å². The van der Waals surface area contributed by atoms with Crippen molar-refractivity contribution in [3.05, 3.63) is 29.3 Å². The van der Waals surface area contributed by atoms with E-state index >= 15 is 0 Å². The van der Waals surface area contributed by atoms with Gasteiger partial charge in [0.25, 0.3) is 0 Å². The van der Waals surface area contributed by atoms with E-state index < -0.39 is 0 Å². The van der Waals surface area contributed by atoms with Crippen molar-refractivity contribution in [3.8, 4) is 0 Å². The highest BCUT2D eigenvalue weighted by molar-refractivity contribution is 5.34. The number of aryl methyl sites for hydroxylation is 2. The number of hydrogen-bond acceptors (Lipinski definition) is 4. The summed E-state index contributed by atoms with van der Waals surface area (Å²) in [4.78, 5) is 11.6. The fraction of sp³-hybridized carbons (Fsp3) is 0.625. The maximum Gasteiger partial charge on any atom is 0.234 e. The third-order valence-electron chi connectivity index (χ3n) is 4.57. The average Bonchev–Trinajstić information content (AvgIpc) is 2.82. The van der Waals surface area contributed by atoms with Gasteiger partial charge in [-0.05, 0) is 58.7 Å². The van der Waals surface area contributed by atoms with Crippen LogP contribution in [0.15, 0.2) is 12.3 Å². The van der Waals surface area contributed by atoms with Crippen LogP contribution < -0.4 is 5.73 Å². The van der Waals surface area contributed by atoms with E-state index in [-0.39, 0.29) is 0 Å². The number of fused-ring (bicyclic) bond motifs is 1. The minimum Gasteiger partial charge on any atom is -0.328 e. The van der Waals surface area contributed by atoms with Crippen LogP contribution in [0.4, 0.5) is 0 Å². The van der Waals surface area contributed by atoms with E-state index in [4.69, 9.17) is 5.73 Å². The second-order valence-corrected chi connectivity index (χ2v) is 6.41. The summed E-state index contributed by atoms with van der Waals surface area (Å²) < 4.78 is 2.08. The number of aromatic nitrogens is 3. The lowest BCUT2D eigenvalue weighted by atomic mass is 9.91. The number of piperidine rings is 1. The SMILES string of the molecule is Cc1cc(C)n2cc(CN3CCC(C(C)N)CC3)nc2n1. The molecule has 0 bridgehead atoms. The lowest BCUT2D eigenvalue weighted by Gasteiger charge is -2.33. The molecule has 0 aliphatic carbocycles. The van der Waals surface area contributed by atoms with Crippen molar-refractivity contribution in [2.24, 2.45) is 11.7 Å². The molecule has 3 rings (SSSR count). The van der Waals surface area contributed by atoms with Crippen LogP contribution in [0, 0.1) is 19.8 Å². The highest BCUT2D eigenvalue weighted by Gasteiger charge is 2.22. The van der Waals surface area contributed by atoms with Gasteiger partial charge in [0.05, 0.1) is 5.69 Å². The summed E-state index contributed by atoms with van der Waals surface area (Å²) in [6.45, 7) is 9.38. The van der Waals surface area contributed by atoms with Crippen molar-refractivity contribution in [2.75, 3.05) is 13.1 Å². The van der Waals surface area contributed by atoms with Crippen LogP contribution in [0.3, 0.4) is 0 Å². The van der Waals surface area contributed by atoms with Crippen molar-refractivity contribution in [1.29, 1.82) is 0 Å². The Morgan fingerprint density at radius 2 is 2.00 bits per heavy atom. The molecule has 1 unspecified atom stereocenters. The molecule has 21 heavy (non-hydrogen) atoms. The van der Waals surface area contributed by atoms with E-state index in [1.165, 1.54) is 18.5 Å². The summed E-state index contributed by atoms with van der Waals surface area (Å²) in [5.41, 5.74) is 9.32. The Morgan fingerprint density at radius 1 is 1.29 bits per heavy atom. The third-order valence-corrected chi connectivity index (χ3v) is 4.57. The van der Waals surface area contributed by atoms with Crippen LogP contribution in [0.5, 0.6) is 0 Å². The second-order valence-electron chi connectivity index (χ2n) is 6.41. The first-order valence-electron chi connectivity index (χ1n) is 7.83. The van der Waals surface area contributed by atoms with Gasteiger partial charge < -0.3 is 5.73 Å². The predicted molar refractivity (Wildman–Crippen MR) is 84.1 cm³/mol. The molecule has 2 aromatic rings. The van der Waals surface area contributed by atoms with Crippen molar-refractivity contribution in [1.82, 2.24) is 19.3 Å². The summed E-state index contributed by atoms with van der Waals surface area (Å²) in [6, 6.07) is 2.41. The van der Waals surface area contributed by atoms with E-state index in [0.29, 0.717) is 12.0 Å². The highest BCUT2D eigenvalue weighted by Crippen LogP contribution is 2.21. The maximum atomic E-state index is 6.00. The Morgan fingerprint density at radius 3 is 2.67 bits per heavy atom. The molecule has 5 nitrogen and oxygen atoms in total. The molecule has 0 amide bonds. The lowest BCUT2D eigenvalue weighted by molar-refractivity contribution is 0.164. The minimum absolute atomic E-state index is 0.317. The molecule has 2 N–H and O–H groups in total. The summed E-state index contributed by atoms with van der Waals surface area (Å²) >= 11 is 0. The monoisotopic (exact) mass is 287 g/mol. The highest BCUT2D eigenvalue weighted by atomic mass is 15.2. The van der Waals surface area contributed by atoms with E-state index in [0.717, 1.165) is 36.8 Å². The largest absolute Gasteiger partial charge is 0.328 e. The molecule has 1 fully saturated rings. The van der Waals surface area contributed by atoms with Gasteiger partial charge in [-0.25, -0.2) is 9.97 Å². The normalized spacial score (nSPS) is 19.2. The van der Waals surface area contributed by atoms with Crippen LogP contribution in [-0.4, -0.2) is 38.4 Å². The summed E-state index contributed by atoms with van der Waals surface area (Å²) in [5, 5.41) is 0. The molecule has 114 valence electrons. The fourth-order valence-corrected chi connectivity index (χ4v) is 3.26. The van der Waals surface area contributed by atoms with Gasteiger partial charge in [-0.3, -0.25) is 9.30 Å². The molecule has 5 heteroatoms. The van der Waals surface area contributed by atoms with Crippen LogP contribution in [0.1, 0.15) is 36.8 Å². The first-order valence-corrected chi connectivity index (χ1v) is 7.83. The Hall–Kier alpha value is -1.46. The van der Waals surface area contributed by atoms with Gasteiger partial charge in [0.1, 0.15) is 0 Å². The van der Waals surface area contributed by atoms with Crippen LogP contribution in [-0.2, 0) is 6.54 Å². The van der Waals surface area contributed by atoms with E-state index in [2.05, 4.69) is 45.4 Å². The molecule has 0 aromatic carbocycles. The molecule has 3 heterocycles. The van der Waals surface area contributed by atoms with Gasteiger partial charge in [-0.2, -0.15) is 0 Å². The molecule has 1 aliphatic heterocycles. The zero-order chi connectivity index (χ0) is 15.0. The molecule has 2 aromatic heterocycles. The van der Waals surface area contributed by atoms with E-state index in [9.17, 15) is 0 Å². The lowest BCUT2D eigenvalue weighted by Crippen LogP contribution is -2.39.